The van der Waals surface area contributed by atoms with E-state index in [9.17, 15) is 4.79 Å². The molecule has 0 unspecified atom stereocenters. The number of benzene rings is 2. The van der Waals surface area contributed by atoms with Gasteiger partial charge in [-0.1, -0.05) is 29.8 Å². The van der Waals surface area contributed by atoms with Gasteiger partial charge in [-0.2, -0.15) is 0 Å². The van der Waals surface area contributed by atoms with E-state index in [0.29, 0.717) is 18.2 Å². The zero-order valence-corrected chi connectivity index (χ0v) is 13.4. The van der Waals surface area contributed by atoms with Crippen LogP contribution in [0.2, 0.25) is 5.02 Å². The average molecular weight is 319 g/mol. The summed E-state index contributed by atoms with van der Waals surface area (Å²) in [5.41, 5.74) is 1.81. The van der Waals surface area contributed by atoms with Gasteiger partial charge in [0.2, 0.25) is 0 Å². The molecule has 116 valence electrons. The smallest absolute Gasteiger partial charge is 0.321 e. The molecule has 0 aromatic heterocycles. The van der Waals surface area contributed by atoms with E-state index in [-0.39, 0.29) is 6.03 Å². The number of carbonyl (C=O) groups is 1. The van der Waals surface area contributed by atoms with E-state index in [0.717, 1.165) is 17.0 Å². The first-order chi connectivity index (χ1) is 10.6. The first-order valence-corrected chi connectivity index (χ1v) is 7.41. The van der Waals surface area contributed by atoms with Crippen molar-refractivity contribution in [3.63, 3.8) is 0 Å². The molecule has 22 heavy (non-hydrogen) atoms. The molecule has 0 aliphatic carbocycles. The molecule has 0 saturated heterocycles. The van der Waals surface area contributed by atoms with Crippen molar-refractivity contribution >= 4 is 23.3 Å². The predicted octanol–water partition coefficient (Wildman–Crippen LogP) is 3.87. The number of anilines is 1. The van der Waals surface area contributed by atoms with E-state index in [1.165, 1.54) is 0 Å². The van der Waals surface area contributed by atoms with Crippen LogP contribution in [-0.2, 0) is 0 Å². The molecular formula is C17H19ClN2O2. The lowest BCUT2D eigenvalue weighted by Crippen LogP contribution is -2.39. The molecule has 0 radical (unpaired) electrons. The van der Waals surface area contributed by atoms with Crippen LogP contribution < -0.4 is 15.0 Å². The molecule has 5 heteroatoms. The highest BCUT2D eigenvalue weighted by Gasteiger charge is 2.09. The fraction of sp³-hybridized carbons (Fsp3) is 0.235. The Bertz CT molecular complexity index is 632. The standard InChI is InChI=1S/C17H19ClN2O2/c1-13-12-14(18)8-9-16(13)22-11-10-19-17(21)20(2)15-6-4-3-5-7-15/h3-9,12H,10-11H2,1-2H3,(H,19,21). The van der Waals surface area contributed by atoms with Crippen molar-refractivity contribution in [1.82, 2.24) is 5.32 Å². The van der Waals surface area contributed by atoms with Crippen LogP contribution >= 0.6 is 11.6 Å². The molecule has 4 nitrogen and oxygen atoms in total. The minimum atomic E-state index is -0.164. The van der Waals surface area contributed by atoms with Gasteiger partial charge in [0.25, 0.3) is 0 Å². The molecule has 0 saturated carbocycles. The van der Waals surface area contributed by atoms with Crippen LogP contribution in [0.5, 0.6) is 5.75 Å². The number of nitrogens with zero attached hydrogens (tertiary/aromatic N) is 1. The molecule has 2 rings (SSSR count). The quantitative estimate of drug-likeness (QED) is 0.850. The molecule has 0 bridgehead atoms. The predicted molar refractivity (Wildman–Crippen MR) is 89.9 cm³/mol. The topological polar surface area (TPSA) is 41.6 Å². The summed E-state index contributed by atoms with van der Waals surface area (Å²) in [4.78, 5) is 13.6. The third-order valence-electron chi connectivity index (χ3n) is 3.22. The first-order valence-electron chi connectivity index (χ1n) is 7.03. The van der Waals surface area contributed by atoms with E-state index < -0.39 is 0 Å². The zero-order valence-electron chi connectivity index (χ0n) is 12.7. The van der Waals surface area contributed by atoms with Gasteiger partial charge in [0.05, 0.1) is 6.54 Å². The Morgan fingerprint density at radius 2 is 1.95 bits per heavy atom. The average Bonchev–Trinajstić information content (AvgIpc) is 2.53. The number of aryl methyl sites for hydroxylation is 1. The van der Waals surface area contributed by atoms with Crippen LogP contribution in [0.3, 0.4) is 0 Å². The number of nitrogens with one attached hydrogen (secondary N) is 1. The molecule has 2 aromatic rings. The van der Waals surface area contributed by atoms with E-state index in [2.05, 4.69) is 5.32 Å². The van der Waals surface area contributed by atoms with Gasteiger partial charge < -0.3 is 10.1 Å². The number of urea groups is 1. The Labute approximate surface area is 135 Å². The van der Waals surface area contributed by atoms with Crippen molar-refractivity contribution in [2.24, 2.45) is 0 Å². The van der Waals surface area contributed by atoms with Crippen LogP contribution in [0.1, 0.15) is 5.56 Å². The maximum absolute atomic E-state index is 12.0. The van der Waals surface area contributed by atoms with Gasteiger partial charge in [0, 0.05) is 17.8 Å². The van der Waals surface area contributed by atoms with Crippen molar-refractivity contribution < 1.29 is 9.53 Å². The maximum Gasteiger partial charge on any atom is 0.321 e. The summed E-state index contributed by atoms with van der Waals surface area (Å²) in [5.74, 6) is 0.773. The van der Waals surface area contributed by atoms with E-state index in [4.69, 9.17) is 16.3 Å². The van der Waals surface area contributed by atoms with Crippen molar-refractivity contribution in [1.29, 1.82) is 0 Å². The van der Waals surface area contributed by atoms with Crippen LogP contribution in [0.4, 0.5) is 10.5 Å². The Kier molecular flexibility index (Phi) is 5.67. The Balaban J connectivity index is 1.77. The fourth-order valence-electron chi connectivity index (χ4n) is 1.98. The lowest BCUT2D eigenvalue weighted by Gasteiger charge is -2.18. The van der Waals surface area contributed by atoms with Gasteiger partial charge in [0.15, 0.2) is 0 Å². The highest BCUT2D eigenvalue weighted by molar-refractivity contribution is 6.30. The number of amides is 2. The molecule has 0 fully saturated rings. The molecule has 0 heterocycles. The normalized spacial score (nSPS) is 10.1. The number of rotatable bonds is 5. The summed E-state index contributed by atoms with van der Waals surface area (Å²) in [6.07, 6.45) is 0. The number of hydrogen-bond acceptors (Lipinski definition) is 2. The van der Waals surface area contributed by atoms with Crippen molar-refractivity contribution in [2.45, 2.75) is 6.92 Å². The Morgan fingerprint density at radius 3 is 2.64 bits per heavy atom. The van der Waals surface area contributed by atoms with E-state index in [1.807, 2.05) is 49.4 Å². The van der Waals surface area contributed by atoms with Crippen LogP contribution in [0.25, 0.3) is 0 Å². The van der Waals surface area contributed by atoms with Crippen LogP contribution in [0.15, 0.2) is 48.5 Å². The van der Waals surface area contributed by atoms with Crippen molar-refractivity contribution in [3.8, 4) is 5.75 Å². The minimum absolute atomic E-state index is 0.164. The van der Waals surface area contributed by atoms with Crippen LogP contribution in [-0.4, -0.2) is 26.2 Å². The van der Waals surface area contributed by atoms with Gasteiger partial charge >= 0.3 is 6.03 Å². The molecule has 0 aliphatic heterocycles. The lowest BCUT2D eigenvalue weighted by atomic mass is 10.2. The van der Waals surface area contributed by atoms with E-state index in [1.54, 1.807) is 18.0 Å². The SMILES string of the molecule is Cc1cc(Cl)ccc1OCCNC(=O)N(C)c1ccccc1. The summed E-state index contributed by atoms with van der Waals surface area (Å²) in [5, 5.41) is 3.50. The van der Waals surface area contributed by atoms with Crippen molar-refractivity contribution in [2.75, 3.05) is 25.1 Å². The van der Waals surface area contributed by atoms with E-state index >= 15 is 0 Å². The number of carbonyl (C=O) groups excluding carboxylic acids is 1. The van der Waals surface area contributed by atoms with Gasteiger partial charge in [0.1, 0.15) is 12.4 Å². The van der Waals surface area contributed by atoms with Gasteiger partial charge in [-0.15, -0.1) is 0 Å². The molecular weight excluding hydrogens is 300 g/mol. The summed E-state index contributed by atoms with van der Waals surface area (Å²) in [7, 11) is 1.73. The molecule has 0 atom stereocenters. The summed E-state index contributed by atoms with van der Waals surface area (Å²) < 4.78 is 5.64. The van der Waals surface area contributed by atoms with Gasteiger partial charge in [-0.25, -0.2) is 4.79 Å². The third-order valence-corrected chi connectivity index (χ3v) is 3.46. The molecule has 1 N–H and O–H groups in total. The first kappa shape index (κ1) is 16.2. The van der Waals surface area contributed by atoms with Gasteiger partial charge in [-0.05, 0) is 42.8 Å². The summed E-state index contributed by atoms with van der Waals surface area (Å²) in [6.45, 7) is 2.76. The summed E-state index contributed by atoms with van der Waals surface area (Å²) >= 11 is 5.89. The Morgan fingerprint density at radius 1 is 1.23 bits per heavy atom. The zero-order chi connectivity index (χ0) is 15.9. The summed E-state index contributed by atoms with van der Waals surface area (Å²) in [6, 6.07) is 14.8. The fourth-order valence-corrected chi connectivity index (χ4v) is 2.21. The largest absolute Gasteiger partial charge is 0.491 e. The van der Waals surface area contributed by atoms with Crippen molar-refractivity contribution in [3.05, 3.63) is 59.1 Å². The maximum atomic E-state index is 12.0. The van der Waals surface area contributed by atoms with Crippen LogP contribution in [0, 0.1) is 6.92 Å². The second-order valence-electron chi connectivity index (χ2n) is 4.88. The third kappa shape index (κ3) is 4.40. The molecule has 2 amide bonds. The number of ether oxygens (including phenoxy) is 1. The Hall–Kier alpha value is -2.20. The lowest BCUT2D eigenvalue weighted by molar-refractivity contribution is 0.243. The second-order valence-corrected chi connectivity index (χ2v) is 5.32. The monoisotopic (exact) mass is 318 g/mol. The minimum Gasteiger partial charge on any atom is -0.491 e. The number of para-hydroxylation sites is 1. The molecule has 0 spiro atoms. The number of halogens is 1. The number of hydrogen-bond donors (Lipinski definition) is 1. The second kappa shape index (κ2) is 7.71. The molecule has 2 aromatic carbocycles. The molecule has 0 aliphatic rings. The van der Waals surface area contributed by atoms with Gasteiger partial charge in [-0.3, -0.25) is 4.90 Å². The highest BCUT2D eigenvalue weighted by Crippen LogP contribution is 2.21. The highest BCUT2D eigenvalue weighted by atomic mass is 35.5.